The van der Waals surface area contributed by atoms with Crippen LogP contribution in [0, 0.1) is 18.7 Å². The zero-order chi connectivity index (χ0) is 24.5. The van der Waals surface area contributed by atoms with Crippen LogP contribution in [0.25, 0.3) is 5.69 Å². The third-order valence-electron chi connectivity index (χ3n) is 6.25. The molecule has 0 spiro atoms. The van der Waals surface area contributed by atoms with Gasteiger partial charge in [0.1, 0.15) is 11.7 Å². The molecule has 7 nitrogen and oxygen atoms in total. The van der Waals surface area contributed by atoms with E-state index in [0.29, 0.717) is 16.8 Å². The quantitative estimate of drug-likeness (QED) is 0.244. The lowest BCUT2D eigenvalue weighted by Crippen LogP contribution is -2.30. The monoisotopic (exact) mass is 468 g/mol. The Morgan fingerprint density at radius 1 is 0.971 bits per heavy atom. The van der Waals surface area contributed by atoms with E-state index in [1.165, 1.54) is 35.4 Å². The van der Waals surface area contributed by atoms with Crippen molar-refractivity contribution in [2.75, 3.05) is 0 Å². The predicted octanol–water partition coefficient (Wildman–Crippen LogP) is 3.87. The van der Waals surface area contributed by atoms with Crippen LogP contribution in [0.3, 0.4) is 0 Å². The molecule has 0 N–H and O–H groups in total. The Balaban J connectivity index is 1.56. The average Bonchev–Trinajstić information content (AvgIpc) is 3.38. The van der Waals surface area contributed by atoms with E-state index in [4.69, 9.17) is 0 Å². The van der Waals surface area contributed by atoms with Crippen molar-refractivity contribution in [1.82, 2.24) is 19.7 Å². The highest BCUT2D eigenvalue weighted by Crippen LogP contribution is 2.39. The standard InChI is InChI=1S/C27H21FN4O3/c1-17-22(15-30-32(17)21-7-3-2-4-8-21)25(33)23-24(19-9-11-20(28)12-10-19)31(27(35)26(23)34)16-18-6-5-13-29-14-18/h2-15,23-24H,16H2,1H3. The summed E-state index contributed by atoms with van der Waals surface area (Å²) in [6.07, 6.45) is 4.63. The number of halogens is 1. The molecule has 5 rings (SSSR count). The van der Waals surface area contributed by atoms with Crippen LogP contribution in [0.2, 0.25) is 0 Å². The molecule has 1 saturated heterocycles. The van der Waals surface area contributed by atoms with Gasteiger partial charge in [0.15, 0.2) is 5.78 Å². The molecule has 1 aliphatic rings. The molecule has 35 heavy (non-hydrogen) atoms. The summed E-state index contributed by atoms with van der Waals surface area (Å²) < 4.78 is 15.3. The van der Waals surface area contributed by atoms with Crippen molar-refractivity contribution < 1.29 is 18.8 Å². The summed E-state index contributed by atoms with van der Waals surface area (Å²) in [5, 5.41) is 4.35. The number of carbonyl (C=O) groups excluding carboxylic acids is 3. The summed E-state index contributed by atoms with van der Waals surface area (Å²) in [5.74, 6) is -3.77. The fraction of sp³-hybridized carbons (Fsp3) is 0.148. The summed E-state index contributed by atoms with van der Waals surface area (Å²) >= 11 is 0. The fourth-order valence-corrected chi connectivity index (χ4v) is 4.53. The minimum Gasteiger partial charge on any atom is -0.323 e. The molecule has 0 aliphatic carbocycles. The van der Waals surface area contributed by atoms with Crippen LogP contribution in [0.4, 0.5) is 4.39 Å². The van der Waals surface area contributed by atoms with Gasteiger partial charge < -0.3 is 4.90 Å². The number of nitrogens with zero attached hydrogens (tertiary/aromatic N) is 4. The number of pyridine rings is 1. The first-order valence-corrected chi connectivity index (χ1v) is 11.1. The van der Waals surface area contributed by atoms with Crippen molar-refractivity contribution in [3.8, 4) is 5.69 Å². The third-order valence-corrected chi connectivity index (χ3v) is 6.25. The topological polar surface area (TPSA) is 85.2 Å². The molecule has 0 bridgehead atoms. The molecule has 1 aliphatic heterocycles. The molecule has 1 amide bonds. The summed E-state index contributed by atoms with van der Waals surface area (Å²) in [6, 6.07) is 17.5. The number of aromatic nitrogens is 3. The van der Waals surface area contributed by atoms with Gasteiger partial charge >= 0.3 is 0 Å². The Morgan fingerprint density at radius 2 is 1.71 bits per heavy atom. The fourth-order valence-electron chi connectivity index (χ4n) is 4.53. The van der Waals surface area contributed by atoms with Gasteiger partial charge in [-0.15, -0.1) is 0 Å². The van der Waals surface area contributed by atoms with Gasteiger partial charge in [0.05, 0.1) is 29.2 Å². The lowest BCUT2D eigenvalue weighted by atomic mass is 9.86. The zero-order valence-corrected chi connectivity index (χ0v) is 18.8. The SMILES string of the molecule is Cc1c(C(=O)C2C(=O)C(=O)N(Cc3cccnc3)C2c2ccc(F)cc2)cnn1-c1ccccc1. The highest BCUT2D eigenvalue weighted by atomic mass is 19.1. The first-order chi connectivity index (χ1) is 17.0. The first kappa shape index (κ1) is 22.3. The van der Waals surface area contributed by atoms with E-state index in [0.717, 1.165) is 5.69 Å². The van der Waals surface area contributed by atoms with Crippen molar-refractivity contribution in [1.29, 1.82) is 0 Å². The number of para-hydroxylation sites is 1. The summed E-state index contributed by atoms with van der Waals surface area (Å²) in [5.41, 5.74) is 2.80. The number of carbonyl (C=O) groups is 3. The summed E-state index contributed by atoms with van der Waals surface area (Å²) in [7, 11) is 0. The van der Waals surface area contributed by atoms with Gasteiger partial charge in [-0.25, -0.2) is 9.07 Å². The number of amides is 1. The smallest absolute Gasteiger partial charge is 0.291 e. The number of ketones is 2. The van der Waals surface area contributed by atoms with Gasteiger partial charge in [0.25, 0.3) is 5.91 Å². The lowest BCUT2D eigenvalue weighted by Gasteiger charge is -2.27. The molecule has 2 aromatic carbocycles. The highest BCUT2D eigenvalue weighted by Gasteiger charge is 2.52. The minimum atomic E-state index is -1.28. The molecule has 4 aromatic rings. The van der Waals surface area contributed by atoms with Gasteiger partial charge in [-0.1, -0.05) is 36.4 Å². The number of hydrogen-bond donors (Lipinski definition) is 0. The van der Waals surface area contributed by atoms with E-state index >= 15 is 0 Å². The molecule has 2 atom stereocenters. The van der Waals surface area contributed by atoms with Crippen molar-refractivity contribution >= 4 is 17.5 Å². The van der Waals surface area contributed by atoms with E-state index in [2.05, 4.69) is 10.1 Å². The lowest BCUT2D eigenvalue weighted by molar-refractivity contribution is -0.141. The van der Waals surface area contributed by atoms with Gasteiger partial charge in [0, 0.05) is 18.9 Å². The predicted molar refractivity (Wildman–Crippen MR) is 125 cm³/mol. The zero-order valence-electron chi connectivity index (χ0n) is 18.8. The van der Waals surface area contributed by atoms with Crippen LogP contribution in [0.1, 0.15) is 33.2 Å². The summed E-state index contributed by atoms with van der Waals surface area (Å²) in [6.45, 7) is 1.83. The van der Waals surface area contributed by atoms with E-state index in [1.807, 2.05) is 30.3 Å². The number of likely N-dealkylation sites (tertiary alicyclic amines) is 1. The molecule has 2 aromatic heterocycles. The molecule has 8 heteroatoms. The molecule has 1 fully saturated rings. The average molecular weight is 468 g/mol. The number of rotatable bonds is 6. The molecule has 0 saturated carbocycles. The van der Waals surface area contributed by atoms with Crippen LogP contribution in [0.15, 0.2) is 85.3 Å². The van der Waals surface area contributed by atoms with Crippen molar-refractivity contribution in [2.45, 2.75) is 19.5 Å². The maximum Gasteiger partial charge on any atom is 0.291 e. The number of benzene rings is 2. The second-order valence-corrected chi connectivity index (χ2v) is 8.39. The van der Waals surface area contributed by atoms with Crippen molar-refractivity contribution in [3.05, 3.63) is 114 Å². The van der Waals surface area contributed by atoms with E-state index in [1.54, 1.807) is 36.1 Å². The van der Waals surface area contributed by atoms with Crippen LogP contribution in [0.5, 0.6) is 0 Å². The van der Waals surface area contributed by atoms with Gasteiger partial charge in [-0.05, 0) is 48.4 Å². The Morgan fingerprint density at radius 3 is 2.40 bits per heavy atom. The van der Waals surface area contributed by atoms with Crippen LogP contribution >= 0.6 is 0 Å². The largest absolute Gasteiger partial charge is 0.323 e. The Labute approximate surface area is 200 Å². The summed E-state index contributed by atoms with van der Waals surface area (Å²) in [4.78, 5) is 45.6. The van der Waals surface area contributed by atoms with Gasteiger partial charge in [0.2, 0.25) is 5.78 Å². The van der Waals surface area contributed by atoms with Crippen molar-refractivity contribution in [2.24, 2.45) is 5.92 Å². The van der Waals surface area contributed by atoms with Crippen LogP contribution in [-0.4, -0.2) is 37.1 Å². The van der Waals surface area contributed by atoms with E-state index in [-0.39, 0.29) is 12.1 Å². The first-order valence-electron chi connectivity index (χ1n) is 11.1. The Bertz CT molecular complexity index is 1400. The normalized spacial score (nSPS) is 17.7. The second kappa shape index (κ2) is 9.06. The van der Waals surface area contributed by atoms with E-state index in [9.17, 15) is 18.8 Å². The maximum atomic E-state index is 13.8. The molecule has 0 radical (unpaired) electrons. The second-order valence-electron chi connectivity index (χ2n) is 8.39. The molecule has 3 heterocycles. The molecular weight excluding hydrogens is 447 g/mol. The van der Waals surface area contributed by atoms with Gasteiger partial charge in [-0.2, -0.15) is 5.10 Å². The maximum absolute atomic E-state index is 13.8. The molecule has 174 valence electrons. The Kier molecular flexibility index (Phi) is 5.78. The van der Waals surface area contributed by atoms with E-state index < -0.39 is 35.3 Å². The third kappa shape index (κ3) is 4.03. The number of hydrogen-bond acceptors (Lipinski definition) is 5. The molecular formula is C27H21FN4O3. The van der Waals surface area contributed by atoms with Crippen molar-refractivity contribution in [3.63, 3.8) is 0 Å². The van der Waals surface area contributed by atoms with Gasteiger partial charge in [-0.3, -0.25) is 19.4 Å². The molecule has 2 unspecified atom stereocenters. The van der Waals surface area contributed by atoms with Crippen LogP contribution < -0.4 is 0 Å². The minimum absolute atomic E-state index is 0.0898. The number of Topliss-reactive ketones (excluding diaryl/α,β-unsaturated/α-hetero) is 2. The Hall–Kier alpha value is -4.46. The van der Waals surface area contributed by atoms with Crippen LogP contribution in [-0.2, 0) is 16.1 Å². The highest BCUT2D eigenvalue weighted by molar-refractivity contribution is 6.44.